The second-order valence-corrected chi connectivity index (χ2v) is 5.77. The van der Waals surface area contributed by atoms with E-state index in [-0.39, 0.29) is 11.4 Å². The van der Waals surface area contributed by atoms with Crippen LogP contribution in [-0.2, 0) is 6.18 Å². The van der Waals surface area contributed by atoms with Gasteiger partial charge in [0.1, 0.15) is 11.6 Å². The lowest BCUT2D eigenvalue weighted by Crippen LogP contribution is -2.09. The highest BCUT2D eigenvalue weighted by molar-refractivity contribution is 5.67. The number of aromatic nitrogens is 3. The van der Waals surface area contributed by atoms with Gasteiger partial charge in [-0.2, -0.15) is 18.2 Å². The lowest BCUT2D eigenvalue weighted by atomic mass is 10.1. The molecule has 3 aromatic rings. The first-order valence-corrected chi connectivity index (χ1v) is 8.46. The lowest BCUT2D eigenvalue weighted by Gasteiger charge is -2.15. The van der Waals surface area contributed by atoms with Gasteiger partial charge in [0.15, 0.2) is 0 Å². The summed E-state index contributed by atoms with van der Waals surface area (Å²) in [5.41, 5.74) is 0.712. The fraction of sp³-hybridized carbons (Fsp3) is 0.211. The van der Waals surface area contributed by atoms with Crippen LogP contribution in [0.15, 0.2) is 48.8 Å². The van der Waals surface area contributed by atoms with Crippen LogP contribution in [0.4, 0.5) is 30.6 Å². The average Bonchev–Trinajstić information content (AvgIpc) is 2.68. The number of nitrogens with zero attached hydrogens (tertiary/aromatic N) is 3. The third-order valence-electron chi connectivity index (χ3n) is 3.80. The van der Waals surface area contributed by atoms with Crippen LogP contribution in [0.3, 0.4) is 0 Å². The third-order valence-corrected chi connectivity index (χ3v) is 3.80. The van der Waals surface area contributed by atoms with Gasteiger partial charge in [-0.25, -0.2) is 4.98 Å². The summed E-state index contributed by atoms with van der Waals surface area (Å²) in [5, 5.41) is 5.92. The Balaban J connectivity index is 1.99. The summed E-state index contributed by atoms with van der Waals surface area (Å²) in [7, 11) is 1.20. The van der Waals surface area contributed by atoms with Crippen molar-refractivity contribution in [1.82, 2.24) is 15.0 Å². The highest BCUT2D eigenvalue weighted by atomic mass is 19.4. The van der Waals surface area contributed by atoms with Crippen LogP contribution in [0, 0.1) is 0 Å². The molecule has 28 heavy (non-hydrogen) atoms. The van der Waals surface area contributed by atoms with Crippen molar-refractivity contribution in [3.8, 4) is 17.0 Å². The van der Waals surface area contributed by atoms with E-state index in [0.29, 0.717) is 24.0 Å². The second-order valence-electron chi connectivity index (χ2n) is 5.77. The topological polar surface area (TPSA) is 72.0 Å². The average molecular weight is 389 g/mol. The number of ether oxygens (including phenoxy) is 1. The number of hydrogen-bond donors (Lipinski definition) is 2. The maximum absolute atomic E-state index is 13.3. The number of methoxy groups -OCH3 is 1. The van der Waals surface area contributed by atoms with E-state index in [9.17, 15) is 13.2 Å². The van der Waals surface area contributed by atoms with Crippen LogP contribution in [0.1, 0.15) is 12.5 Å². The minimum Gasteiger partial charge on any atom is -0.496 e. The van der Waals surface area contributed by atoms with E-state index in [0.717, 1.165) is 11.6 Å². The van der Waals surface area contributed by atoms with E-state index in [1.165, 1.54) is 19.2 Å². The van der Waals surface area contributed by atoms with Crippen LogP contribution in [0.2, 0.25) is 0 Å². The maximum Gasteiger partial charge on any atom is 0.420 e. The van der Waals surface area contributed by atoms with Crippen LogP contribution in [-0.4, -0.2) is 28.6 Å². The van der Waals surface area contributed by atoms with Gasteiger partial charge in [-0.05, 0) is 37.3 Å². The smallest absolute Gasteiger partial charge is 0.420 e. The zero-order valence-corrected chi connectivity index (χ0v) is 15.2. The first-order valence-electron chi connectivity index (χ1n) is 8.46. The molecule has 2 heterocycles. The second kappa shape index (κ2) is 8.12. The van der Waals surface area contributed by atoms with Gasteiger partial charge in [-0.3, -0.25) is 4.98 Å². The van der Waals surface area contributed by atoms with E-state index < -0.39 is 11.7 Å². The van der Waals surface area contributed by atoms with E-state index in [1.807, 2.05) is 13.0 Å². The van der Waals surface area contributed by atoms with Gasteiger partial charge in [0.05, 0.1) is 18.4 Å². The molecule has 3 rings (SSSR count). The number of hydrogen-bond acceptors (Lipinski definition) is 6. The number of anilines is 3. The molecule has 2 N–H and O–H groups in total. The first-order chi connectivity index (χ1) is 13.4. The highest BCUT2D eigenvalue weighted by Crippen LogP contribution is 2.38. The maximum atomic E-state index is 13.3. The van der Waals surface area contributed by atoms with Gasteiger partial charge in [0.2, 0.25) is 5.95 Å². The highest BCUT2D eigenvalue weighted by Gasteiger charge is 2.34. The molecule has 0 spiro atoms. The van der Waals surface area contributed by atoms with Gasteiger partial charge in [0, 0.05) is 36.3 Å². The third kappa shape index (κ3) is 4.48. The minimum absolute atomic E-state index is 0.228. The van der Waals surface area contributed by atoms with E-state index in [4.69, 9.17) is 4.74 Å². The Hall–Kier alpha value is -3.36. The molecule has 2 aromatic heterocycles. The summed E-state index contributed by atoms with van der Waals surface area (Å²) in [5.74, 6) is 0.462. The molecular weight excluding hydrogens is 371 g/mol. The fourth-order valence-electron chi connectivity index (χ4n) is 2.57. The van der Waals surface area contributed by atoms with Crippen LogP contribution < -0.4 is 15.4 Å². The molecule has 1 aromatic carbocycles. The Morgan fingerprint density at radius 3 is 2.57 bits per heavy atom. The Morgan fingerprint density at radius 2 is 1.93 bits per heavy atom. The number of alkyl halides is 3. The Bertz CT molecular complexity index is 948. The van der Waals surface area contributed by atoms with Gasteiger partial charge in [0.25, 0.3) is 0 Å². The molecule has 0 aliphatic heterocycles. The molecule has 0 saturated carbocycles. The van der Waals surface area contributed by atoms with Crippen LogP contribution in [0.5, 0.6) is 5.75 Å². The van der Waals surface area contributed by atoms with Crippen LogP contribution >= 0.6 is 0 Å². The Labute approximate surface area is 159 Å². The monoisotopic (exact) mass is 389 g/mol. The van der Waals surface area contributed by atoms with Gasteiger partial charge < -0.3 is 15.4 Å². The number of benzene rings is 1. The molecular formula is C19H18F3N5O. The predicted octanol–water partition coefficient (Wildman–Crippen LogP) is 4.74. The predicted molar refractivity (Wildman–Crippen MR) is 101 cm³/mol. The minimum atomic E-state index is -4.54. The molecule has 0 unspecified atom stereocenters. The quantitative estimate of drug-likeness (QED) is 0.634. The van der Waals surface area contributed by atoms with Crippen molar-refractivity contribution in [3.63, 3.8) is 0 Å². The largest absolute Gasteiger partial charge is 0.496 e. The van der Waals surface area contributed by atoms with Crippen molar-refractivity contribution < 1.29 is 17.9 Å². The van der Waals surface area contributed by atoms with Crippen molar-refractivity contribution in [3.05, 3.63) is 54.4 Å². The summed E-state index contributed by atoms with van der Waals surface area (Å²) < 4.78 is 44.6. The number of nitrogens with one attached hydrogen (secondary N) is 2. The molecule has 0 amide bonds. The normalized spacial score (nSPS) is 11.2. The fourth-order valence-corrected chi connectivity index (χ4v) is 2.57. The summed E-state index contributed by atoms with van der Waals surface area (Å²) in [6, 6.07) is 9.00. The van der Waals surface area contributed by atoms with E-state index in [2.05, 4.69) is 25.6 Å². The summed E-state index contributed by atoms with van der Waals surface area (Å²) in [6.45, 7) is 2.49. The van der Waals surface area contributed by atoms with Crippen LogP contribution in [0.25, 0.3) is 11.3 Å². The van der Waals surface area contributed by atoms with Crippen molar-refractivity contribution in [2.24, 2.45) is 0 Å². The molecule has 0 atom stereocenters. The molecule has 0 fully saturated rings. The van der Waals surface area contributed by atoms with Crippen molar-refractivity contribution in [2.75, 3.05) is 24.3 Å². The van der Waals surface area contributed by atoms with Crippen molar-refractivity contribution in [1.29, 1.82) is 0 Å². The molecule has 146 valence electrons. The van der Waals surface area contributed by atoms with Gasteiger partial charge in [-0.1, -0.05) is 0 Å². The summed E-state index contributed by atoms with van der Waals surface area (Å²) in [6.07, 6.45) is -1.24. The van der Waals surface area contributed by atoms with E-state index in [1.54, 1.807) is 24.5 Å². The molecule has 0 radical (unpaired) electrons. The number of rotatable bonds is 6. The molecule has 0 saturated heterocycles. The number of halogens is 3. The van der Waals surface area contributed by atoms with Crippen molar-refractivity contribution >= 4 is 17.5 Å². The van der Waals surface area contributed by atoms with Gasteiger partial charge in [-0.15, -0.1) is 0 Å². The lowest BCUT2D eigenvalue weighted by molar-refractivity contribution is -0.138. The SMILES string of the molecule is CCNc1nc(Nc2ccc(OC)c(C(F)(F)F)c2)cc(-c2cccnc2)n1. The van der Waals surface area contributed by atoms with Crippen molar-refractivity contribution in [2.45, 2.75) is 13.1 Å². The summed E-state index contributed by atoms with van der Waals surface area (Å²) in [4.78, 5) is 12.8. The standard InChI is InChI=1S/C19H18F3N5O/c1-3-24-18-26-15(12-5-4-8-23-11-12)10-17(27-18)25-13-6-7-16(28-2)14(9-13)19(20,21)22/h4-11H,3H2,1-2H3,(H2,24,25,26,27). The van der Waals surface area contributed by atoms with Gasteiger partial charge >= 0.3 is 6.18 Å². The summed E-state index contributed by atoms with van der Waals surface area (Å²) >= 11 is 0. The Kier molecular flexibility index (Phi) is 5.62. The molecule has 9 heteroatoms. The first kappa shape index (κ1) is 19.4. The molecule has 0 aliphatic carbocycles. The molecule has 6 nitrogen and oxygen atoms in total. The molecule has 0 aliphatic rings. The molecule has 0 bridgehead atoms. The van der Waals surface area contributed by atoms with E-state index >= 15 is 0 Å². The zero-order chi connectivity index (χ0) is 20.1. The zero-order valence-electron chi connectivity index (χ0n) is 15.2. The number of pyridine rings is 1. The Morgan fingerprint density at radius 1 is 1.11 bits per heavy atom.